The number of aromatic nitrogens is 3. The molecule has 1 amide bonds. The maximum Gasteiger partial charge on any atom is 0.246 e. The van der Waals surface area contributed by atoms with Gasteiger partial charge in [-0.2, -0.15) is 5.10 Å². The van der Waals surface area contributed by atoms with Crippen LogP contribution in [0.3, 0.4) is 0 Å². The van der Waals surface area contributed by atoms with Crippen molar-refractivity contribution in [3.63, 3.8) is 0 Å². The number of thiophene rings is 1. The van der Waals surface area contributed by atoms with Gasteiger partial charge < -0.3 is 19.3 Å². The van der Waals surface area contributed by atoms with E-state index in [0.29, 0.717) is 30.0 Å². The predicted molar refractivity (Wildman–Crippen MR) is 187 cm³/mol. The van der Waals surface area contributed by atoms with E-state index in [4.69, 9.17) is 19.6 Å². The highest BCUT2D eigenvalue weighted by Gasteiger charge is 2.48. The summed E-state index contributed by atoms with van der Waals surface area (Å²) in [6, 6.07) is 12.4. The maximum atomic E-state index is 16.2. The van der Waals surface area contributed by atoms with Crippen molar-refractivity contribution in [1.29, 1.82) is 0 Å². The molecule has 1 unspecified atom stereocenters. The van der Waals surface area contributed by atoms with Crippen molar-refractivity contribution in [2.24, 2.45) is 0 Å². The van der Waals surface area contributed by atoms with Crippen molar-refractivity contribution in [2.45, 2.75) is 44.3 Å². The van der Waals surface area contributed by atoms with Gasteiger partial charge >= 0.3 is 0 Å². The van der Waals surface area contributed by atoms with E-state index in [1.807, 2.05) is 29.1 Å². The molecule has 252 valence electrons. The Bertz CT molecular complexity index is 2140. The Morgan fingerprint density at radius 3 is 2.71 bits per heavy atom. The second-order valence-corrected chi connectivity index (χ2v) is 14.3. The van der Waals surface area contributed by atoms with Crippen LogP contribution >= 0.6 is 11.3 Å². The molecular weight excluding hydrogens is 645 g/mol. The van der Waals surface area contributed by atoms with Crippen molar-refractivity contribution in [2.75, 3.05) is 40.5 Å². The van der Waals surface area contributed by atoms with Crippen molar-refractivity contribution >= 4 is 27.3 Å². The zero-order valence-electron chi connectivity index (χ0n) is 27.8. The van der Waals surface area contributed by atoms with E-state index in [0.717, 1.165) is 46.2 Å². The first-order chi connectivity index (χ1) is 23.7. The first-order valence-corrected chi connectivity index (χ1v) is 17.4. The lowest BCUT2D eigenvalue weighted by molar-refractivity contribution is -0.129. The molecule has 3 aromatic heterocycles. The molecule has 2 aliphatic heterocycles. The molecule has 5 heterocycles. The van der Waals surface area contributed by atoms with Crippen molar-refractivity contribution < 1.29 is 23.0 Å². The Kier molecular flexibility index (Phi) is 7.89. The molecule has 3 aliphatic rings. The first kappa shape index (κ1) is 31.8. The maximum absolute atomic E-state index is 16.2. The third kappa shape index (κ3) is 5.35. The number of amides is 1. The predicted octanol–water partition coefficient (Wildman–Crippen LogP) is 7.36. The Morgan fingerprint density at radius 2 is 1.94 bits per heavy atom. The molecule has 49 heavy (non-hydrogen) atoms. The first-order valence-electron chi connectivity index (χ1n) is 16.6. The zero-order chi connectivity index (χ0) is 34.0. The normalized spacial score (nSPS) is 18.1. The zero-order valence-corrected chi connectivity index (χ0v) is 28.6. The van der Waals surface area contributed by atoms with Gasteiger partial charge in [0.1, 0.15) is 35.4 Å². The van der Waals surface area contributed by atoms with Crippen LogP contribution in [0, 0.1) is 11.6 Å². The summed E-state index contributed by atoms with van der Waals surface area (Å²) in [6.45, 7) is 8.89. The number of rotatable bonds is 8. The number of carbonyl (C=O) groups is 1. The summed E-state index contributed by atoms with van der Waals surface area (Å²) in [6.07, 6.45) is 3.66. The van der Waals surface area contributed by atoms with Gasteiger partial charge in [0.2, 0.25) is 5.91 Å². The monoisotopic (exact) mass is 681 g/mol. The van der Waals surface area contributed by atoms with Crippen molar-refractivity contribution in [1.82, 2.24) is 24.6 Å². The highest BCUT2D eigenvalue weighted by molar-refractivity contribution is 7.18. The summed E-state index contributed by atoms with van der Waals surface area (Å²) >= 11 is 1.47. The standard InChI is InChI=1S/C38H37F2N5O3S/c1-5-32(46)44-11-12-45-30(22(44)2)19-29(42-45)36-34(33-28(40)17-25(39)18-31(33)48-14-13-47-4)37-26(8-15-49-37)35(41-36)23-6-7-24-20-43(3)21-38(9-10-38)27(24)16-23/h5-8,15-19,22H,1,9-14,20-21H2,2-4H3. The highest BCUT2D eigenvalue weighted by atomic mass is 32.1. The molecule has 1 aliphatic carbocycles. The molecule has 0 bridgehead atoms. The quantitative estimate of drug-likeness (QED) is 0.126. The van der Waals surface area contributed by atoms with Crippen LogP contribution in [0.15, 0.2) is 60.5 Å². The molecule has 8 nitrogen and oxygen atoms in total. The van der Waals surface area contributed by atoms with Crippen molar-refractivity contribution in [3.8, 4) is 39.5 Å². The smallest absolute Gasteiger partial charge is 0.246 e. The fourth-order valence-corrected chi connectivity index (χ4v) is 8.67. The van der Waals surface area contributed by atoms with E-state index >= 15 is 4.39 Å². The minimum absolute atomic E-state index is 0.0636. The molecule has 5 aromatic rings. The van der Waals surface area contributed by atoms with Gasteiger partial charge in [-0.1, -0.05) is 18.7 Å². The van der Waals surface area contributed by atoms with Crippen LogP contribution in [0.1, 0.15) is 42.6 Å². The summed E-state index contributed by atoms with van der Waals surface area (Å²) in [5.41, 5.74) is 7.10. The van der Waals surface area contributed by atoms with E-state index in [1.165, 1.54) is 47.4 Å². The van der Waals surface area contributed by atoms with E-state index in [1.54, 1.807) is 12.0 Å². The highest BCUT2D eigenvalue weighted by Crippen LogP contribution is 2.53. The van der Waals surface area contributed by atoms with Gasteiger partial charge in [0.05, 0.1) is 36.1 Å². The third-order valence-corrected chi connectivity index (χ3v) is 11.1. The SMILES string of the molecule is C=CC(=O)N1CCn2nc(-c3nc(-c4ccc5c(c4)C4(CC4)CN(C)C5)c4ccsc4c3-c3c(F)cc(F)cc3OCCOC)cc2C1C. The summed E-state index contributed by atoms with van der Waals surface area (Å²) in [5.74, 6) is -1.59. The number of fused-ring (bicyclic) bond motifs is 4. The number of ether oxygens (including phenoxy) is 2. The Balaban J connectivity index is 1.37. The minimum atomic E-state index is -0.758. The van der Waals surface area contributed by atoms with Gasteiger partial charge in [0, 0.05) is 65.5 Å². The van der Waals surface area contributed by atoms with E-state index < -0.39 is 11.6 Å². The minimum Gasteiger partial charge on any atom is -0.490 e. The fourth-order valence-electron chi connectivity index (χ4n) is 7.72. The number of pyridine rings is 1. The van der Waals surface area contributed by atoms with Gasteiger partial charge in [0.15, 0.2) is 0 Å². The summed E-state index contributed by atoms with van der Waals surface area (Å²) in [5, 5.41) is 7.84. The van der Waals surface area contributed by atoms with Crippen LogP contribution in [0.5, 0.6) is 5.75 Å². The average Bonchev–Trinajstić information content (AvgIpc) is 3.45. The van der Waals surface area contributed by atoms with Crippen molar-refractivity contribution in [3.05, 3.63) is 89.0 Å². The van der Waals surface area contributed by atoms with Gasteiger partial charge in [-0.3, -0.25) is 9.48 Å². The lowest BCUT2D eigenvalue weighted by atomic mass is 9.85. The van der Waals surface area contributed by atoms with Crippen LogP contribution in [-0.4, -0.2) is 70.9 Å². The van der Waals surface area contributed by atoms with E-state index in [2.05, 4.69) is 36.7 Å². The number of hydrogen-bond acceptors (Lipinski definition) is 7. The van der Waals surface area contributed by atoms with Gasteiger partial charge in [-0.25, -0.2) is 13.8 Å². The van der Waals surface area contributed by atoms with E-state index in [9.17, 15) is 9.18 Å². The van der Waals surface area contributed by atoms with Gasteiger partial charge in [-0.05, 0) is 67.6 Å². The number of benzene rings is 2. The molecule has 1 spiro atoms. The average molecular weight is 682 g/mol. The van der Waals surface area contributed by atoms with Crippen LogP contribution in [0.2, 0.25) is 0 Å². The molecule has 11 heteroatoms. The largest absolute Gasteiger partial charge is 0.490 e. The molecule has 2 aromatic carbocycles. The number of carbonyl (C=O) groups excluding carboxylic acids is 1. The summed E-state index contributed by atoms with van der Waals surface area (Å²) in [7, 11) is 3.72. The summed E-state index contributed by atoms with van der Waals surface area (Å²) < 4.78 is 44.7. The van der Waals surface area contributed by atoms with E-state index in [-0.39, 0.29) is 41.9 Å². The Labute approximate surface area is 287 Å². The van der Waals surface area contributed by atoms with Crippen LogP contribution < -0.4 is 4.74 Å². The molecular formula is C38H37F2N5O3S. The van der Waals surface area contributed by atoms with Gasteiger partial charge in [-0.15, -0.1) is 11.3 Å². The fraction of sp³-hybridized carbons (Fsp3) is 0.342. The molecule has 1 saturated carbocycles. The summed E-state index contributed by atoms with van der Waals surface area (Å²) in [4.78, 5) is 22.2. The molecule has 1 atom stereocenters. The van der Waals surface area contributed by atoms with Crippen LogP contribution in [0.25, 0.3) is 43.9 Å². The second kappa shape index (κ2) is 12.2. The molecule has 1 fully saturated rings. The Hall–Kier alpha value is -4.45. The number of methoxy groups -OCH3 is 1. The number of hydrogen-bond donors (Lipinski definition) is 0. The third-order valence-electron chi connectivity index (χ3n) is 10.2. The topological polar surface area (TPSA) is 72.7 Å². The molecule has 8 rings (SSSR count). The van der Waals surface area contributed by atoms with Crippen LogP contribution in [0.4, 0.5) is 8.78 Å². The lowest BCUT2D eigenvalue weighted by Gasteiger charge is -2.33. The number of halogens is 2. The number of nitrogens with zero attached hydrogens (tertiary/aromatic N) is 5. The van der Waals surface area contributed by atoms with Crippen LogP contribution in [-0.2, 0) is 28.0 Å². The second-order valence-electron chi connectivity index (χ2n) is 13.4. The Morgan fingerprint density at radius 1 is 1.10 bits per heavy atom. The number of likely N-dealkylation sites (N-methyl/N-ethyl adjacent to an activating group) is 1. The van der Waals surface area contributed by atoms with Gasteiger partial charge in [0.25, 0.3) is 0 Å². The molecule has 0 saturated heterocycles. The lowest BCUT2D eigenvalue weighted by Crippen LogP contribution is -2.40. The molecule has 0 N–H and O–H groups in total. The molecule has 0 radical (unpaired) electrons.